The molecule has 1 saturated heterocycles. The molecule has 1 aliphatic rings. The van der Waals surface area contributed by atoms with Gasteiger partial charge < -0.3 is 4.90 Å². The molecule has 0 unspecified atom stereocenters. The van der Waals surface area contributed by atoms with Gasteiger partial charge in [0.15, 0.2) is 5.78 Å². The Balaban J connectivity index is 1.61. The molecule has 1 aliphatic heterocycles. The Kier molecular flexibility index (Phi) is 6.04. The van der Waals surface area contributed by atoms with E-state index in [9.17, 15) is 9.59 Å². The van der Waals surface area contributed by atoms with E-state index < -0.39 is 0 Å². The van der Waals surface area contributed by atoms with E-state index in [1.807, 2.05) is 30.0 Å². The molecule has 2 aromatic rings. The number of hydrogen-bond acceptors (Lipinski definition) is 3. The summed E-state index contributed by atoms with van der Waals surface area (Å²) in [7, 11) is 0. The van der Waals surface area contributed by atoms with Crippen molar-refractivity contribution in [1.82, 2.24) is 9.88 Å². The van der Waals surface area contributed by atoms with E-state index in [4.69, 9.17) is 11.6 Å². The Labute approximate surface area is 159 Å². The van der Waals surface area contributed by atoms with Crippen molar-refractivity contribution in [1.29, 1.82) is 0 Å². The molecule has 136 valence electrons. The Morgan fingerprint density at radius 3 is 2.73 bits per heavy atom. The van der Waals surface area contributed by atoms with Gasteiger partial charge in [0.1, 0.15) is 0 Å². The van der Waals surface area contributed by atoms with Gasteiger partial charge in [-0.3, -0.25) is 14.6 Å². The lowest BCUT2D eigenvalue weighted by molar-refractivity contribution is -0.132. The molecular weight excluding hydrogens is 348 g/mol. The van der Waals surface area contributed by atoms with Crippen LogP contribution in [0, 0.1) is 12.8 Å². The zero-order chi connectivity index (χ0) is 18.5. The molecule has 1 aromatic carbocycles. The Morgan fingerprint density at radius 2 is 2.00 bits per heavy atom. The third-order valence-corrected chi connectivity index (χ3v) is 5.21. The fraction of sp³-hybridized carbons (Fsp3) is 0.381. The molecule has 2 heterocycles. The standard InChI is InChI=1S/C21H23ClN2O2/c1-15-13-18(22)5-6-19(15)21(26)17-3-2-12-24(14-17)20(25)7-4-16-8-10-23-11-9-16/h5-6,8-11,13,17H,2-4,7,12,14H2,1H3/t17-/m0/s1. The van der Waals surface area contributed by atoms with E-state index in [1.54, 1.807) is 24.5 Å². The average Bonchev–Trinajstić information content (AvgIpc) is 2.66. The molecule has 0 N–H and O–H groups in total. The van der Waals surface area contributed by atoms with Crippen LogP contribution in [0.4, 0.5) is 0 Å². The van der Waals surface area contributed by atoms with Crippen LogP contribution in [0.3, 0.4) is 0 Å². The number of nitrogens with zero attached hydrogens (tertiary/aromatic N) is 2. The van der Waals surface area contributed by atoms with Gasteiger partial charge in [-0.2, -0.15) is 0 Å². The largest absolute Gasteiger partial charge is 0.342 e. The number of rotatable bonds is 5. The number of Topliss-reactive ketones (excluding diaryl/α,β-unsaturated/α-hetero) is 1. The number of carbonyl (C=O) groups excluding carboxylic acids is 2. The highest BCUT2D eigenvalue weighted by Crippen LogP contribution is 2.24. The zero-order valence-electron chi connectivity index (χ0n) is 15.0. The summed E-state index contributed by atoms with van der Waals surface area (Å²) in [6.45, 7) is 3.15. The summed E-state index contributed by atoms with van der Waals surface area (Å²) >= 11 is 5.99. The molecule has 4 nitrogen and oxygen atoms in total. The average molecular weight is 371 g/mol. The molecule has 1 atom stereocenters. The Bertz CT molecular complexity index is 792. The summed E-state index contributed by atoms with van der Waals surface area (Å²) in [6.07, 6.45) is 6.34. The number of aromatic nitrogens is 1. The van der Waals surface area contributed by atoms with Crippen LogP contribution in [-0.4, -0.2) is 34.7 Å². The molecule has 0 radical (unpaired) electrons. The normalized spacial score (nSPS) is 17.2. The topological polar surface area (TPSA) is 50.3 Å². The minimum absolute atomic E-state index is 0.116. The molecule has 5 heteroatoms. The van der Waals surface area contributed by atoms with E-state index in [-0.39, 0.29) is 17.6 Å². The molecule has 1 amide bonds. The number of pyridine rings is 1. The molecule has 3 rings (SSSR count). The molecule has 0 spiro atoms. The van der Waals surface area contributed by atoms with E-state index in [0.717, 1.165) is 30.5 Å². The number of hydrogen-bond donors (Lipinski definition) is 0. The second kappa shape index (κ2) is 8.45. The van der Waals surface area contributed by atoms with Crippen LogP contribution in [0.1, 0.15) is 40.7 Å². The second-order valence-electron chi connectivity index (χ2n) is 6.86. The van der Waals surface area contributed by atoms with Crippen molar-refractivity contribution in [2.24, 2.45) is 5.92 Å². The van der Waals surface area contributed by atoms with Gasteiger partial charge in [0.25, 0.3) is 0 Å². The number of carbonyl (C=O) groups is 2. The molecule has 0 bridgehead atoms. The van der Waals surface area contributed by atoms with Crippen LogP contribution < -0.4 is 0 Å². The highest BCUT2D eigenvalue weighted by atomic mass is 35.5. The van der Waals surface area contributed by atoms with Crippen molar-refractivity contribution < 1.29 is 9.59 Å². The first-order valence-corrected chi connectivity index (χ1v) is 9.39. The Hall–Kier alpha value is -2.20. The highest BCUT2D eigenvalue weighted by molar-refractivity contribution is 6.30. The summed E-state index contributed by atoms with van der Waals surface area (Å²) in [5.41, 5.74) is 2.71. The predicted octanol–water partition coefficient (Wildman–Crippen LogP) is 4.10. The SMILES string of the molecule is Cc1cc(Cl)ccc1C(=O)[C@H]1CCCN(C(=O)CCc2ccncc2)C1. The first-order chi connectivity index (χ1) is 12.5. The van der Waals surface area contributed by atoms with Gasteiger partial charge in [-0.1, -0.05) is 11.6 Å². The van der Waals surface area contributed by atoms with Crippen LogP contribution in [0.15, 0.2) is 42.7 Å². The molecule has 0 saturated carbocycles. The first-order valence-electron chi connectivity index (χ1n) is 9.01. The summed E-state index contributed by atoms with van der Waals surface area (Å²) in [6, 6.07) is 9.22. The maximum Gasteiger partial charge on any atom is 0.222 e. The van der Waals surface area contributed by atoms with Crippen molar-refractivity contribution >= 4 is 23.3 Å². The van der Waals surface area contributed by atoms with Gasteiger partial charge in [0.2, 0.25) is 5.91 Å². The van der Waals surface area contributed by atoms with Crippen LogP contribution >= 0.6 is 11.6 Å². The van der Waals surface area contributed by atoms with E-state index in [2.05, 4.69) is 4.98 Å². The van der Waals surface area contributed by atoms with Gasteiger partial charge in [-0.25, -0.2) is 0 Å². The lowest BCUT2D eigenvalue weighted by Gasteiger charge is -2.32. The number of amides is 1. The molecule has 1 fully saturated rings. The maximum atomic E-state index is 12.9. The fourth-order valence-corrected chi connectivity index (χ4v) is 3.73. The van der Waals surface area contributed by atoms with Gasteiger partial charge in [-0.15, -0.1) is 0 Å². The number of piperidine rings is 1. The van der Waals surface area contributed by atoms with Gasteiger partial charge in [0.05, 0.1) is 0 Å². The monoisotopic (exact) mass is 370 g/mol. The number of aryl methyl sites for hydroxylation is 2. The molecule has 26 heavy (non-hydrogen) atoms. The van der Waals surface area contributed by atoms with Crippen molar-refractivity contribution in [2.75, 3.05) is 13.1 Å². The molecule has 1 aromatic heterocycles. The maximum absolute atomic E-state index is 12.9. The van der Waals surface area contributed by atoms with Crippen LogP contribution in [0.25, 0.3) is 0 Å². The summed E-state index contributed by atoms with van der Waals surface area (Å²) in [5.74, 6) is 0.103. The van der Waals surface area contributed by atoms with Crippen molar-refractivity contribution in [2.45, 2.75) is 32.6 Å². The summed E-state index contributed by atoms with van der Waals surface area (Å²) in [4.78, 5) is 31.3. The predicted molar refractivity (Wildman–Crippen MR) is 102 cm³/mol. The lowest BCUT2D eigenvalue weighted by atomic mass is 9.88. The fourth-order valence-electron chi connectivity index (χ4n) is 3.50. The highest BCUT2D eigenvalue weighted by Gasteiger charge is 2.29. The van der Waals surface area contributed by atoms with Gasteiger partial charge >= 0.3 is 0 Å². The van der Waals surface area contributed by atoms with E-state index in [0.29, 0.717) is 30.0 Å². The quantitative estimate of drug-likeness (QED) is 0.744. The van der Waals surface area contributed by atoms with Crippen LogP contribution in [0.5, 0.6) is 0 Å². The van der Waals surface area contributed by atoms with E-state index in [1.165, 1.54) is 0 Å². The smallest absolute Gasteiger partial charge is 0.222 e. The summed E-state index contributed by atoms with van der Waals surface area (Å²) < 4.78 is 0. The molecule has 0 aliphatic carbocycles. The minimum Gasteiger partial charge on any atom is -0.342 e. The van der Waals surface area contributed by atoms with E-state index >= 15 is 0 Å². The number of halogens is 1. The summed E-state index contributed by atoms with van der Waals surface area (Å²) in [5, 5.41) is 0.635. The first kappa shape index (κ1) is 18.6. The molecular formula is C21H23ClN2O2. The number of likely N-dealkylation sites (tertiary alicyclic amines) is 1. The van der Waals surface area contributed by atoms with Crippen LogP contribution in [0.2, 0.25) is 5.02 Å². The van der Waals surface area contributed by atoms with Gasteiger partial charge in [0, 0.05) is 48.4 Å². The Morgan fingerprint density at radius 1 is 1.23 bits per heavy atom. The number of benzene rings is 1. The number of ketones is 1. The minimum atomic E-state index is -0.131. The lowest BCUT2D eigenvalue weighted by Crippen LogP contribution is -2.42. The van der Waals surface area contributed by atoms with Crippen molar-refractivity contribution in [3.8, 4) is 0 Å². The second-order valence-corrected chi connectivity index (χ2v) is 7.29. The zero-order valence-corrected chi connectivity index (χ0v) is 15.7. The third-order valence-electron chi connectivity index (χ3n) is 4.98. The van der Waals surface area contributed by atoms with Crippen LogP contribution in [-0.2, 0) is 11.2 Å². The van der Waals surface area contributed by atoms with Crippen molar-refractivity contribution in [3.63, 3.8) is 0 Å². The third kappa shape index (κ3) is 4.50. The van der Waals surface area contributed by atoms with Crippen molar-refractivity contribution in [3.05, 3.63) is 64.4 Å². The van der Waals surface area contributed by atoms with Gasteiger partial charge in [-0.05, 0) is 67.6 Å².